The molecule has 2 aromatic rings. The molecule has 5 rings (SSSR count). The molecule has 1 N–H and O–H groups in total. The number of rotatable bonds is 8. The molecular formula is C27H27ClN4O4S. The minimum Gasteiger partial charge on any atom is -0.493 e. The summed E-state index contributed by atoms with van der Waals surface area (Å²) in [5, 5.41) is 16.8. The van der Waals surface area contributed by atoms with Crippen molar-refractivity contribution in [2.45, 2.75) is 32.1 Å². The van der Waals surface area contributed by atoms with Crippen molar-refractivity contribution in [3.8, 4) is 17.2 Å². The third-order valence-corrected chi connectivity index (χ3v) is 7.74. The van der Waals surface area contributed by atoms with Gasteiger partial charge in [0, 0.05) is 5.92 Å². The zero-order valence-corrected chi connectivity index (χ0v) is 22.0. The molecule has 3 aliphatic rings. The number of hydrogen-bond donors (Lipinski definition) is 1. The SMILES string of the molecule is COc1cc(C=C2C(=N)N3N=C(C4CCCCC4)SC3=NC2=O)ccc1OCCOc1ccccc1Cl. The van der Waals surface area contributed by atoms with Crippen LogP contribution in [-0.4, -0.2) is 47.3 Å². The van der Waals surface area contributed by atoms with E-state index in [1.54, 1.807) is 43.5 Å². The Labute approximate surface area is 224 Å². The van der Waals surface area contributed by atoms with Gasteiger partial charge in [0.1, 0.15) is 24.0 Å². The average Bonchev–Trinajstić information content (AvgIpc) is 3.35. The Morgan fingerprint density at radius 2 is 1.84 bits per heavy atom. The Balaban J connectivity index is 1.26. The van der Waals surface area contributed by atoms with Gasteiger partial charge in [0.15, 0.2) is 17.3 Å². The number of para-hydroxylation sites is 1. The summed E-state index contributed by atoms with van der Waals surface area (Å²) in [6.07, 6.45) is 7.46. The summed E-state index contributed by atoms with van der Waals surface area (Å²) < 4.78 is 17.0. The van der Waals surface area contributed by atoms with E-state index in [9.17, 15) is 4.79 Å². The second-order valence-electron chi connectivity index (χ2n) is 8.83. The molecule has 37 heavy (non-hydrogen) atoms. The van der Waals surface area contributed by atoms with Gasteiger partial charge in [-0.05, 0) is 60.5 Å². The number of thioether (sulfide) groups is 1. The van der Waals surface area contributed by atoms with Crippen LogP contribution >= 0.6 is 23.4 Å². The van der Waals surface area contributed by atoms with Crippen molar-refractivity contribution < 1.29 is 19.0 Å². The van der Waals surface area contributed by atoms with Gasteiger partial charge < -0.3 is 14.2 Å². The van der Waals surface area contributed by atoms with E-state index in [1.807, 2.05) is 12.1 Å². The molecular weight excluding hydrogens is 512 g/mol. The lowest BCUT2D eigenvalue weighted by molar-refractivity contribution is -0.114. The van der Waals surface area contributed by atoms with Crippen LogP contribution in [-0.2, 0) is 4.79 Å². The van der Waals surface area contributed by atoms with Gasteiger partial charge in [0.2, 0.25) is 5.17 Å². The summed E-state index contributed by atoms with van der Waals surface area (Å²) in [5.41, 5.74) is 0.869. The van der Waals surface area contributed by atoms with E-state index in [2.05, 4.69) is 10.1 Å². The molecule has 0 unspecified atom stereocenters. The Hall–Kier alpha value is -3.30. The molecule has 0 spiro atoms. The minimum atomic E-state index is -0.445. The molecule has 1 amide bonds. The fourth-order valence-electron chi connectivity index (χ4n) is 4.45. The summed E-state index contributed by atoms with van der Waals surface area (Å²) in [6.45, 7) is 0.596. The van der Waals surface area contributed by atoms with Crippen LogP contribution in [0.2, 0.25) is 5.02 Å². The van der Waals surface area contributed by atoms with Crippen molar-refractivity contribution in [2.75, 3.05) is 20.3 Å². The zero-order valence-electron chi connectivity index (χ0n) is 20.4. The van der Waals surface area contributed by atoms with Gasteiger partial charge in [0.25, 0.3) is 5.91 Å². The molecule has 2 heterocycles. The van der Waals surface area contributed by atoms with E-state index in [0.29, 0.717) is 45.5 Å². The highest BCUT2D eigenvalue weighted by molar-refractivity contribution is 8.27. The molecule has 0 saturated heterocycles. The highest BCUT2D eigenvalue weighted by Crippen LogP contribution is 2.36. The number of nitrogens with zero attached hydrogens (tertiary/aromatic N) is 3. The number of nitrogens with one attached hydrogen (secondary N) is 1. The van der Waals surface area contributed by atoms with Crippen LogP contribution in [0, 0.1) is 11.3 Å². The maximum atomic E-state index is 12.8. The van der Waals surface area contributed by atoms with Gasteiger partial charge in [-0.1, -0.05) is 49.1 Å². The van der Waals surface area contributed by atoms with Gasteiger partial charge >= 0.3 is 0 Å². The lowest BCUT2D eigenvalue weighted by Crippen LogP contribution is -2.35. The molecule has 0 aromatic heterocycles. The second-order valence-corrected chi connectivity index (χ2v) is 10.2. The standard InChI is InChI=1S/C27H27ClN4O4S/c1-34-23-16-17(11-12-22(23)36-14-13-35-21-10-6-5-9-20(21)28)15-19-24(29)32-27(30-25(19)33)37-26(31-32)18-7-3-2-4-8-18/h5-6,9-12,15-16,18,29H,2-4,7-8,13-14H2,1H3. The number of carbonyl (C=O) groups excluding carboxylic acids is 1. The van der Waals surface area contributed by atoms with Gasteiger partial charge in [0.05, 0.1) is 17.7 Å². The number of amidine groups is 2. The van der Waals surface area contributed by atoms with E-state index in [1.165, 1.54) is 36.0 Å². The van der Waals surface area contributed by atoms with Crippen LogP contribution in [0.1, 0.15) is 37.7 Å². The Morgan fingerprint density at radius 1 is 1.08 bits per heavy atom. The number of fused-ring (bicyclic) bond motifs is 1. The number of methoxy groups -OCH3 is 1. The van der Waals surface area contributed by atoms with Crippen molar-refractivity contribution in [2.24, 2.45) is 16.0 Å². The Kier molecular flexibility index (Phi) is 7.81. The number of carbonyl (C=O) groups is 1. The molecule has 1 aliphatic carbocycles. The molecule has 0 atom stereocenters. The first kappa shape index (κ1) is 25.4. The number of ether oxygens (including phenoxy) is 3. The lowest BCUT2D eigenvalue weighted by Gasteiger charge is -2.20. The first-order valence-corrected chi connectivity index (χ1v) is 13.4. The molecule has 2 aromatic carbocycles. The van der Waals surface area contributed by atoms with Crippen LogP contribution in [0.3, 0.4) is 0 Å². The predicted octanol–water partition coefficient (Wildman–Crippen LogP) is 6.01. The van der Waals surface area contributed by atoms with Crippen molar-refractivity contribution in [1.82, 2.24) is 5.01 Å². The number of benzene rings is 2. The molecule has 10 heteroatoms. The predicted molar refractivity (Wildman–Crippen MR) is 147 cm³/mol. The molecule has 8 nitrogen and oxygen atoms in total. The van der Waals surface area contributed by atoms with E-state index in [0.717, 1.165) is 17.9 Å². The van der Waals surface area contributed by atoms with Crippen molar-refractivity contribution in [3.05, 3.63) is 58.6 Å². The maximum Gasteiger partial charge on any atom is 0.283 e. The van der Waals surface area contributed by atoms with Gasteiger partial charge in [-0.15, -0.1) is 0 Å². The second kappa shape index (κ2) is 11.4. The topological polar surface area (TPSA) is 96.6 Å². The van der Waals surface area contributed by atoms with E-state index in [-0.39, 0.29) is 18.0 Å². The summed E-state index contributed by atoms with van der Waals surface area (Å²) in [4.78, 5) is 17.0. The smallest absolute Gasteiger partial charge is 0.283 e. The molecule has 192 valence electrons. The fourth-order valence-corrected chi connectivity index (χ4v) is 5.70. The molecule has 1 saturated carbocycles. The third kappa shape index (κ3) is 5.67. The third-order valence-electron chi connectivity index (χ3n) is 6.36. The number of hydrazone groups is 1. The first-order chi connectivity index (χ1) is 18.0. The number of hydrogen-bond acceptors (Lipinski definition) is 7. The monoisotopic (exact) mass is 538 g/mol. The van der Waals surface area contributed by atoms with E-state index >= 15 is 0 Å². The Bertz CT molecular complexity index is 1300. The van der Waals surface area contributed by atoms with Crippen LogP contribution in [0.25, 0.3) is 6.08 Å². The average molecular weight is 539 g/mol. The molecule has 2 aliphatic heterocycles. The zero-order chi connectivity index (χ0) is 25.8. The van der Waals surface area contributed by atoms with Gasteiger partial charge in [-0.2, -0.15) is 15.1 Å². The normalized spacial score (nSPS) is 19.0. The van der Waals surface area contributed by atoms with Gasteiger partial charge in [-0.25, -0.2) is 0 Å². The van der Waals surface area contributed by atoms with Crippen molar-refractivity contribution in [1.29, 1.82) is 5.41 Å². The van der Waals surface area contributed by atoms with Crippen LogP contribution < -0.4 is 14.2 Å². The van der Waals surface area contributed by atoms with Crippen molar-refractivity contribution in [3.63, 3.8) is 0 Å². The summed E-state index contributed by atoms with van der Waals surface area (Å²) in [6, 6.07) is 12.6. The van der Waals surface area contributed by atoms with E-state index < -0.39 is 5.91 Å². The summed E-state index contributed by atoms with van der Waals surface area (Å²) >= 11 is 7.53. The molecule has 0 bridgehead atoms. The fraction of sp³-hybridized carbons (Fsp3) is 0.333. The van der Waals surface area contributed by atoms with Crippen LogP contribution in [0.4, 0.5) is 0 Å². The highest BCUT2D eigenvalue weighted by atomic mass is 35.5. The minimum absolute atomic E-state index is 0.0318. The highest BCUT2D eigenvalue weighted by Gasteiger charge is 2.38. The lowest BCUT2D eigenvalue weighted by atomic mass is 9.90. The molecule has 0 radical (unpaired) electrons. The van der Waals surface area contributed by atoms with Crippen LogP contribution in [0.5, 0.6) is 17.2 Å². The molecule has 1 fully saturated rings. The quantitative estimate of drug-likeness (QED) is 0.327. The first-order valence-electron chi connectivity index (χ1n) is 12.2. The number of amides is 1. The van der Waals surface area contributed by atoms with E-state index in [4.69, 9.17) is 31.2 Å². The van der Waals surface area contributed by atoms with Gasteiger partial charge in [-0.3, -0.25) is 10.2 Å². The Morgan fingerprint density at radius 3 is 2.59 bits per heavy atom. The number of halogens is 1. The maximum absolute atomic E-state index is 12.8. The number of aliphatic imine (C=N–C) groups is 1. The summed E-state index contributed by atoms with van der Waals surface area (Å²) in [7, 11) is 1.55. The summed E-state index contributed by atoms with van der Waals surface area (Å²) in [5.74, 6) is 1.60. The largest absolute Gasteiger partial charge is 0.493 e. The van der Waals surface area contributed by atoms with Crippen LogP contribution in [0.15, 0.2) is 58.1 Å². The van der Waals surface area contributed by atoms with Crippen molar-refractivity contribution >= 4 is 51.4 Å².